The van der Waals surface area contributed by atoms with E-state index in [1.165, 1.54) is 6.07 Å². The third-order valence-electron chi connectivity index (χ3n) is 3.62. The lowest BCUT2D eigenvalue weighted by Crippen LogP contribution is -2.40. The van der Waals surface area contributed by atoms with Crippen molar-refractivity contribution in [2.75, 3.05) is 25.9 Å². The molecule has 1 amide bonds. The molecule has 1 aromatic carbocycles. The van der Waals surface area contributed by atoms with Crippen LogP contribution in [-0.4, -0.2) is 42.0 Å². The van der Waals surface area contributed by atoms with Gasteiger partial charge in [-0.1, -0.05) is 11.6 Å². The first-order valence-corrected chi connectivity index (χ1v) is 6.87. The standard InChI is InChI=1S/C13H16ClN3O4/c1-21-9-2-4-16(5-3-9)13(18)10-6-8(17(19)20)7-11(14)12(10)15/h6-7,9H,2-5,15H2,1H3. The number of likely N-dealkylation sites (tertiary alicyclic amines) is 1. The number of hydrogen-bond acceptors (Lipinski definition) is 5. The van der Waals surface area contributed by atoms with Gasteiger partial charge < -0.3 is 15.4 Å². The molecule has 7 nitrogen and oxygen atoms in total. The molecule has 1 fully saturated rings. The number of nitrogens with zero attached hydrogens (tertiary/aromatic N) is 2. The van der Waals surface area contributed by atoms with Crippen LogP contribution in [0.4, 0.5) is 11.4 Å². The first-order valence-electron chi connectivity index (χ1n) is 6.49. The van der Waals surface area contributed by atoms with Gasteiger partial charge in [-0.2, -0.15) is 0 Å². The third kappa shape index (κ3) is 3.25. The number of rotatable bonds is 3. The van der Waals surface area contributed by atoms with E-state index in [-0.39, 0.29) is 34.0 Å². The largest absolute Gasteiger partial charge is 0.397 e. The highest BCUT2D eigenvalue weighted by Crippen LogP contribution is 2.30. The number of hydrogen-bond donors (Lipinski definition) is 1. The quantitative estimate of drug-likeness (QED) is 0.523. The molecule has 1 saturated heterocycles. The highest BCUT2D eigenvalue weighted by atomic mass is 35.5. The predicted molar refractivity (Wildman–Crippen MR) is 78.5 cm³/mol. The number of amides is 1. The van der Waals surface area contributed by atoms with Gasteiger partial charge >= 0.3 is 0 Å². The lowest BCUT2D eigenvalue weighted by molar-refractivity contribution is -0.384. The zero-order valence-electron chi connectivity index (χ0n) is 11.5. The Bertz CT molecular complexity index is 571. The van der Waals surface area contributed by atoms with E-state index in [0.29, 0.717) is 13.1 Å². The smallest absolute Gasteiger partial charge is 0.271 e. The Morgan fingerprint density at radius 2 is 2.10 bits per heavy atom. The molecule has 0 aromatic heterocycles. The Balaban J connectivity index is 2.25. The van der Waals surface area contributed by atoms with E-state index in [0.717, 1.165) is 18.9 Å². The number of carbonyl (C=O) groups is 1. The van der Waals surface area contributed by atoms with Crippen molar-refractivity contribution < 1.29 is 14.5 Å². The molecule has 0 bridgehead atoms. The maximum atomic E-state index is 12.5. The van der Waals surface area contributed by atoms with Gasteiger partial charge in [-0.05, 0) is 12.8 Å². The number of carbonyl (C=O) groups excluding carboxylic acids is 1. The average molecular weight is 314 g/mol. The molecule has 1 aliphatic heterocycles. The summed E-state index contributed by atoms with van der Waals surface area (Å²) in [6.07, 6.45) is 1.59. The van der Waals surface area contributed by atoms with Crippen LogP contribution in [0.2, 0.25) is 5.02 Å². The molecule has 1 heterocycles. The van der Waals surface area contributed by atoms with E-state index in [4.69, 9.17) is 22.1 Å². The van der Waals surface area contributed by atoms with Gasteiger partial charge in [-0.3, -0.25) is 14.9 Å². The van der Waals surface area contributed by atoms with Crippen molar-refractivity contribution in [3.8, 4) is 0 Å². The van der Waals surface area contributed by atoms with E-state index in [1.54, 1.807) is 12.0 Å². The number of nitro groups is 1. The van der Waals surface area contributed by atoms with Gasteiger partial charge in [0.25, 0.3) is 11.6 Å². The number of nitrogen functional groups attached to an aromatic ring is 1. The molecule has 1 aromatic rings. The normalized spacial score (nSPS) is 16.0. The molecule has 21 heavy (non-hydrogen) atoms. The van der Waals surface area contributed by atoms with Gasteiger partial charge in [0, 0.05) is 32.3 Å². The highest BCUT2D eigenvalue weighted by Gasteiger charge is 2.27. The summed E-state index contributed by atoms with van der Waals surface area (Å²) >= 11 is 5.87. The molecular weight excluding hydrogens is 298 g/mol. The van der Waals surface area contributed by atoms with Gasteiger partial charge in [0.05, 0.1) is 27.3 Å². The monoisotopic (exact) mass is 313 g/mol. The average Bonchev–Trinajstić information content (AvgIpc) is 2.49. The molecule has 2 rings (SSSR count). The Kier molecular flexibility index (Phi) is 4.64. The van der Waals surface area contributed by atoms with Crippen LogP contribution in [0.25, 0.3) is 0 Å². The SMILES string of the molecule is COC1CCN(C(=O)c2cc([N+](=O)[O-])cc(Cl)c2N)CC1. The molecule has 0 radical (unpaired) electrons. The molecule has 0 saturated carbocycles. The third-order valence-corrected chi connectivity index (χ3v) is 3.93. The summed E-state index contributed by atoms with van der Waals surface area (Å²) < 4.78 is 5.25. The second-order valence-corrected chi connectivity index (χ2v) is 5.28. The van der Waals surface area contributed by atoms with Crippen LogP contribution in [0.3, 0.4) is 0 Å². The maximum Gasteiger partial charge on any atom is 0.271 e. The summed E-state index contributed by atoms with van der Waals surface area (Å²) in [4.78, 5) is 24.3. The lowest BCUT2D eigenvalue weighted by Gasteiger charge is -2.31. The predicted octanol–water partition coefficient (Wildman–Crippen LogP) is 2.08. The van der Waals surface area contributed by atoms with E-state index in [1.807, 2.05) is 0 Å². The van der Waals surface area contributed by atoms with Crippen molar-refractivity contribution in [3.63, 3.8) is 0 Å². The fourth-order valence-corrected chi connectivity index (χ4v) is 2.56. The lowest BCUT2D eigenvalue weighted by atomic mass is 10.1. The zero-order chi connectivity index (χ0) is 15.6. The first-order chi connectivity index (χ1) is 9.93. The van der Waals surface area contributed by atoms with E-state index < -0.39 is 4.92 Å². The summed E-state index contributed by atoms with van der Waals surface area (Å²) in [5.41, 5.74) is 5.68. The van der Waals surface area contributed by atoms with Gasteiger partial charge in [0.15, 0.2) is 0 Å². The van der Waals surface area contributed by atoms with Gasteiger partial charge in [0.1, 0.15) is 0 Å². The summed E-state index contributed by atoms with van der Waals surface area (Å²) in [6, 6.07) is 2.32. The number of non-ortho nitro benzene ring substituents is 1. The van der Waals surface area contributed by atoms with Crippen molar-refractivity contribution in [2.45, 2.75) is 18.9 Å². The number of benzene rings is 1. The topological polar surface area (TPSA) is 98.7 Å². The fraction of sp³-hybridized carbons (Fsp3) is 0.462. The van der Waals surface area contributed by atoms with Crippen LogP contribution in [0, 0.1) is 10.1 Å². The van der Waals surface area contributed by atoms with E-state index in [9.17, 15) is 14.9 Å². The minimum Gasteiger partial charge on any atom is -0.397 e. The summed E-state index contributed by atoms with van der Waals surface area (Å²) in [5, 5.41) is 10.9. The second-order valence-electron chi connectivity index (χ2n) is 4.87. The first kappa shape index (κ1) is 15.5. The Labute approximate surface area is 126 Å². The Morgan fingerprint density at radius 3 is 2.62 bits per heavy atom. The van der Waals surface area contributed by atoms with Crippen LogP contribution < -0.4 is 5.73 Å². The van der Waals surface area contributed by atoms with Crippen molar-refractivity contribution in [3.05, 3.63) is 32.8 Å². The van der Waals surface area contributed by atoms with Crippen molar-refractivity contribution in [1.29, 1.82) is 0 Å². The van der Waals surface area contributed by atoms with Gasteiger partial charge in [-0.15, -0.1) is 0 Å². The number of nitrogens with two attached hydrogens (primary N) is 1. The van der Waals surface area contributed by atoms with E-state index in [2.05, 4.69) is 0 Å². The number of ether oxygens (including phenoxy) is 1. The van der Waals surface area contributed by atoms with E-state index >= 15 is 0 Å². The molecule has 8 heteroatoms. The summed E-state index contributed by atoms with van der Waals surface area (Å²) in [6.45, 7) is 1.05. The van der Waals surface area contributed by atoms with Crippen molar-refractivity contribution in [2.24, 2.45) is 0 Å². The Morgan fingerprint density at radius 1 is 1.48 bits per heavy atom. The fourth-order valence-electron chi connectivity index (χ4n) is 2.35. The number of methoxy groups -OCH3 is 1. The van der Waals surface area contributed by atoms with Crippen LogP contribution in [0.5, 0.6) is 0 Å². The number of nitro benzene ring substituents is 1. The molecule has 1 aliphatic rings. The molecule has 0 spiro atoms. The molecule has 0 unspecified atom stereocenters. The molecular formula is C13H16ClN3O4. The van der Waals surface area contributed by atoms with Crippen LogP contribution in [0.15, 0.2) is 12.1 Å². The Hall–Kier alpha value is -1.86. The minimum absolute atomic E-state index is 0.0133. The van der Waals surface area contributed by atoms with Crippen molar-refractivity contribution in [1.82, 2.24) is 4.90 Å². The second kappa shape index (κ2) is 6.28. The molecule has 0 atom stereocenters. The van der Waals surface area contributed by atoms with Gasteiger partial charge in [0.2, 0.25) is 0 Å². The summed E-state index contributed by atoms with van der Waals surface area (Å²) in [7, 11) is 1.64. The van der Waals surface area contributed by atoms with Crippen LogP contribution in [-0.2, 0) is 4.74 Å². The number of anilines is 1. The maximum absolute atomic E-state index is 12.5. The van der Waals surface area contributed by atoms with Crippen LogP contribution in [0.1, 0.15) is 23.2 Å². The minimum atomic E-state index is -0.598. The number of piperidine rings is 1. The number of halogens is 1. The summed E-state index contributed by atoms with van der Waals surface area (Å²) in [5.74, 6) is -0.340. The molecule has 0 aliphatic carbocycles. The zero-order valence-corrected chi connectivity index (χ0v) is 12.3. The highest BCUT2D eigenvalue weighted by molar-refractivity contribution is 6.34. The molecule has 114 valence electrons. The van der Waals surface area contributed by atoms with Crippen molar-refractivity contribution >= 4 is 28.9 Å². The van der Waals surface area contributed by atoms with Crippen LogP contribution >= 0.6 is 11.6 Å². The van der Waals surface area contributed by atoms with Gasteiger partial charge in [-0.25, -0.2) is 0 Å². The molecule has 2 N–H and O–H groups in total.